The molecule has 0 saturated heterocycles. The van der Waals surface area contributed by atoms with Crippen molar-refractivity contribution in [3.63, 3.8) is 0 Å². The van der Waals surface area contributed by atoms with Crippen LogP contribution in [0.4, 0.5) is 0 Å². The molecule has 162 valence electrons. The predicted octanol–water partition coefficient (Wildman–Crippen LogP) is 5.76. The molecule has 0 aromatic rings. The Balaban J connectivity index is 3.35. The topological polar surface area (TPSA) is 58.6 Å². The van der Waals surface area contributed by atoms with Gasteiger partial charge in [0.2, 0.25) is 0 Å². The highest BCUT2D eigenvalue weighted by Gasteiger charge is 2.18. The molecule has 0 fully saturated rings. The maximum Gasteiger partial charge on any atom is 0.323 e. The quantitative estimate of drug-likeness (QED) is 0.195. The fourth-order valence-corrected chi connectivity index (χ4v) is 3.32. The van der Waals surface area contributed by atoms with Crippen LogP contribution in [0.3, 0.4) is 0 Å². The van der Waals surface area contributed by atoms with Crippen molar-refractivity contribution in [3.8, 4) is 0 Å². The fourth-order valence-electron chi connectivity index (χ4n) is 3.32. The van der Waals surface area contributed by atoms with Gasteiger partial charge in [-0.2, -0.15) is 0 Å². The third-order valence-corrected chi connectivity index (χ3v) is 5.09. The van der Waals surface area contributed by atoms with Crippen LogP contribution in [-0.4, -0.2) is 36.9 Å². The summed E-state index contributed by atoms with van der Waals surface area (Å²) in [6.45, 7) is 5.62. The molecule has 4 nitrogen and oxygen atoms in total. The SMILES string of the molecule is CCCCCCCCCCCCCCCCOC(=O)[C@H](CCO)NCCC. The molecule has 0 aromatic heterocycles. The molecular formula is C23H47NO3. The molecule has 0 radical (unpaired) electrons. The van der Waals surface area contributed by atoms with Crippen molar-refractivity contribution in [2.45, 2.75) is 123 Å². The van der Waals surface area contributed by atoms with Crippen LogP contribution in [0.25, 0.3) is 0 Å². The predicted molar refractivity (Wildman–Crippen MR) is 115 cm³/mol. The van der Waals surface area contributed by atoms with Crippen LogP contribution in [0.1, 0.15) is 117 Å². The Labute approximate surface area is 168 Å². The van der Waals surface area contributed by atoms with Crippen LogP contribution in [-0.2, 0) is 9.53 Å². The molecule has 0 saturated carbocycles. The molecule has 0 rings (SSSR count). The Morgan fingerprint density at radius 2 is 1.26 bits per heavy atom. The summed E-state index contributed by atoms with van der Waals surface area (Å²) in [4.78, 5) is 12.0. The summed E-state index contributed by atoms with van der Waals surface area (Å²) in [5.74, 6) is -0.216. The number of carbonyl (C=O) groups excluding carboxylic acids is 1. The molecule has 27 heavy (non-hydrogen) atoms. The zero-order valence-electron chi connectivity index (χ0n) is 18.3. The molecule has 0 aliphatic rings. The van der Waals surface area contributed by atoms with E-state index < -0.39 is 0 Å². The van der Waals surface area contributed by atoms with Crippen molar-refractivity contribution in [2.24, 2.45) is 0 Å². The largest absolute Gasteiger partial charge is 0.465 e. The number of rotatable bonds is 21. The van der Waals surface area contributed by atoms with Gasteiger partial charge in [-0.1, -0.05) is 97.3 Å². The van der Waals surface area contributed by atoms with Crippen molar-refractivity contribution >= 4 is 5.97 Å². The Hall–Kier alpha value is -0.610. The van der Waals surface area contributed by atoms with Crippen molar-refractivity contribution in [1.29, 1.82) is 0 Å². The van der Waals surface area contributed by atoms with Crippen LogP contribution < -0.4 is 5.32 Å². The number of ether oxygens (including phenoxy) is 1. The first-order valence-corrected chi connectivity index (χ1v) is 11.8. The van der Waals surface area contributed by atoms with Gasteiger partial charge < -0.3 is 15.2 Å². The number of nitrogens with one attached hydrogen (secondary N) is 1. The fraction of sp³-hybridized carbons (Fsp3) is 0.957. The maximum atomic E-state index is 12.0. The lowest BCUT2D eigenvalue weighted by molar-refractivity contribution is -0.146. The van der Waals surface area contributed by atoms with Crippen molar-refractivity contribution < 1.29 is 14.6 Å². The highest BCUT2D eigenvalue weighted by Crippen LogP contribution is 2.13. The summed E-state index contributed by atoms with van der Waals surface area (Å²) >= 11 is 0. The molecule has 2 N–H and O–H groups in total. The summed E-state index contributed by atoms with van der Waals surface area (Å²) in [5.41, 5.74) is 0. The Morgan fingerprint density at radius 3 is 1.70 bits per heavy atom. The second-order valence-electron chi connectivity index (χ2n) is 7.78. The van der Waals surface area contributed by atoms with E-state index in [1.807, 2.05) is 0 Å². The van der Waals surface area contributed by atoms with E-state index in [0.29, 0.717) is 13.0 Å². The van der Waals surface area contributed by atoms with Crippen LogP contribution in [0.15, 0.2) is 0 Å². The number of esters is 1. The average molecular weight is 386 g/mol. The lowest BCUT2D eigenvalue weighted by Crippen LogP contribution is -2.39. The number of aliphatic hydroxyl groups is 1. The first kappa shape index (κ1) is 26.4. The molecule has 0 aliphatic heterocycles. The number of carbonyl (C=O) groups is 1. The molecule has 0 aromatic carbocycles. The molecule has 1 atom stereocenters. The molecule has 0 spiro atoms. The van der Waals surface area contributed by atoms with E-state index >= 15 is 0 Å². The molecule has 0 bridgehead atoms. The van der Waals surface area contributed by atoms with Crippen LogP contribution >= 0.6 is 0 Å². The third-order valence-electron chi connectivity index (χ3n) is 5.09. The third kappa shape index (κ3) is 18.5. The Kier molecular flexibility index (Phi) is 21.2. The van der Waals surface area contributed by atoms with Gasteiger partial charge in [-0.15, -0.1) is 0 Å². The van der Waals surface area contributed by atoms with Crippen molar-refractivity contribution in [3.05, 3.63) is 0 Å². The van der Waals surface area contributed by atoms with Crippen molar-refractivity contribution in [1.82, 2.24) is 5.32 Å². The summed E-state index contributed by atoms with van der Waals surface area (Å²) in [7, 11) is 0. The van der Waals surface area contributed by atoms with E-state index in [0.717, 1.165) is 25.8 Å². The molecule has 0 aliphatic carbocycles. The standard InChI is InChI=1S/C23H47NO3/c1-3-5-6-7-8-9-10-11-12-13-14-15-16-17-21-27-23(26)22(18-20-25)24-19-4-2/h22,24-25H,3-21H2,1-2H3/t22-/m0/s1. The monoisotopic (exact) mass is 385 g/mol. The summed E-state index contributed by atoms with van der Waals surface area (Å²) in [6.07, 6.45) is 19.9. The first-order chi connectivity index (χ1) is 13.3. The van der Waals surface area contributed by atoms with Gasteiger partial charge in [0.1, 0.15) is 6.04 Å². The number of aliphatic hydroxyl groups excluding tert-OH is 1. The first-order valence-electron chi connectivity index (χ1n) is 11.8. The van der Waals surface area contributed by atoms with Gasteiger partial charge in [-0.3, -0.25) is 4.79 Å². The number of hydrogen-bond donors (Lipinski definition) is 2. The number of hydrogen-bond acceptors (Lipinski definition) is 4. The zero-order chi connectivity index (χ0) is 20.0. The van der Waals surface area contributed by atoms with E-state index in [-0.39, 0.29) is 18.6 Å². The minimum Gasteiger partial charge on any atom is -0.465 e. The maximum absolute atomic E-state index is 12.0. The van der Waals surface area contributed by atoms with Gasteiger partial charge in [0, 0.05) is 6.61 Å². The van der Waals surface area contributed by atoms with E-state index in [2.05, 4.69) is 19.2 Å². The summed E-state index contributed by atoms with van der Waals surface area (Å²) in [5, 5.41) is 12.2. The Morgan fingerprint density at radius 1 is 0.778 bits per heavy atom. The zero-order valence-corrected chi connectivity index (χ0v) is 18.3. The molecule has 4 heteroatoms. The minimum absolute atomic E-state index is 0.00926. The van der Waals surface area contributed by atoms with Gasteiger partial charge in [0.15, 0.2) is 0 Å². The highest BCUT2D eigenvalue weighted by molar-refractivity contribution is 5.75. The molecule has 0 heterocycles. The van der Waals surface area contributed by atoms with Gasteiger partial charge in [-0.25, -0.2) is 0 Å². The lowest BCUT2D eigenvalue weighted by Gasteiger charge is -2.16. The highest BCUT2D eigenvalue weighted by atomic mass is 16.5. The second-order valence-corrected chi connectivity index (χ2v) is 7.78. The van der Waals surface area contributed by atoms with E-state index in [9.17, 15) is 4.79 Å². The minimum atomic E-state index is -0.360. The van der Waals surface area contributed by atoms with Crippen LogP contribution in [0.2, 0.25) is 0 Å². The van der Waals surface area contributed by atoms with Crippen molar-refractivity contribution in [2.75, 3.05) is 19.8 Å². The van der Waals surface area contributed by atoms with Gasteiger partial charge >= 0.3 is 5.97 Å². The molecule has 0 amide bonds. The second kappa shape index (κ2) is 21.7. The number of unbranched alkanes of at least 4 members (excludes halogenated alkanes) is 13. The van der Waals surface area contributed by atoms with Gasteiger partial charge in [0.05, 0.1) is 6.61 Å². The van der Waals surface area contributed by atoms with E-state index in [1.165, 1.54) is 77.0 Å². The van der Waals surface area contributed by atoms with E-state index in [1.54, 1.807) is 0 Å². The van der Waals surface area contributed by atoms with E-state index in [4.69, 9.17) is 9.84 Å². The van der Waals surface area contributed by atoms with Gasteiger partial charge in [-0.05, 0) is 25.8 Å². The smallest absolute Gasteiger partial charge is 0.323 e. The lowest BCUT2D eigenvalue weighted by atomic mass is 10.0. The summed E-state index contributed by atoms with van der Waals surface area (Å²) in [6, 6.07) is -0.360. The molecule has 0 unspecified atom stereocenters. The normalized spacial score (nSPS) is 12.3. The Bertz CT molecular complexity index is 310. The van der Waals surface area contributed by atoms with Crippen LogP contribution in [0.5, 0.6) is 0 Å². The van der Waals surface area contributed by atoms with Crippen LogP contribution in [0, 0.1) is 0 Å². The molecular weight excluding hydrogens is 338 g/mol. The summed E-state index contributed by atoms with van der Waals surface area (Å²) < 4.78 is 5.35. The van der Waals surface area contributed by atoms with Gasteiger partial charge in [0.25, 0.3) is 0 Å². The average Bonchev–Trinajstić information content (AvgIpc) is 2.68.